The van der Waals surface area contributed by atoms with Crippen LogP contribution in [0.25, 0.3) is 32.2 Å². The van der Waals surface area contributed by atoms with Crippen molar-refractivity contribution in [2.24, 2.45) is 0 Å². The van der Waals surface area contributed by atoms with Gasteiger partial charge in [0.05, 0.1) is 39.4 Å². The first kappa shape index (κ1) is 40.0. The van der Waals surface area contributed by atoms with Crippen molar-refractivity contribution in [3.05, 3.63) is 104 Å². The average Bonchev–Trinajstić information content (AvgIpc) is 3.66. The molecule has 1 amide bonds. The fourth-order valence-electron chi connectivity index (χ4n) is 7.67. The van der Waals surface area contributed by atoms with Gasteiger partial charge in [0.25, 0.3) is 27.4 Å². The topological polar surface area (TPSA) is 167 Å². The minimum Gasteiger partial charge on any atom is -0.355 e. The summed E-state index contributed by atoms with van der Waals surface area (Å²) in [5.41, 5.74) is 2.11. The number of nitriles is 1. The number of benzene rings is 1. The maximum atomic E-state index is 14.1. The van der Waals surface area contributed by atoms with E-state index in [4.69, 9.17) is 11.6 Å². The summed E-state index contributed by atoms with van der Waals surface area (Å²) in [6.45, 7) is 2.93. The highest BCUT2D eigenvalue weighted by Gasteiger charge is 2.48. The maximum Gasteiger partial charge on any atom is 0.281 e. The average molecular weight is 854 g/mol. The van der Waals surface area contributed by atoms with Crippen LogP contribution in [-0.2, 0) is 16.6 Å². The summed E-state index contributed by atoms with van der Waals surface area (Å²) < 4.78 is 56.7. The molecule has 0 spiro atoms. The number of amides is 1. The molecule has 0 atom stereocenters. The van der Waals surface area contributed by atoms with E-state index in [9.17, 15) is 32.0 Å². The lowest BCUT2D eigenvalue weighted by atomic mass is 9.85. The number of halogens is 3. The Hall–Kier alpha value is -5.85. The van der Waals surface area contributed by atoms with Gasteiger partial charge >= 0.3 is 0 Å². The first-order valence-corrected chi connectivity index (χ1v) is 21.3. The number of nitrogens with one attached hydrogen (secondary N) is 1. The molecule has 2 aliphatic rings. The normalized spacial score (nSPS) is 15.9. The quantitative estimate of drug-likeness (QED) is 0.174. The predicted octanol–water partition coefficient (Wildman–Crippen LogP) is 6.17. The molecule has 1 aliphatic carbocycles. The molecular formula is C41H34ClF2N9O4S2. The Morgan fingerprint density at radius 2 is 1.88 bits per heavy atom. The summed E-state index contributed by atoms with van der Waals surface area (Å²) in [6.07, 6.45) is 5.49. The van der Waals surface area contributed by atoms with E-state index >= 15 is 0 Å². The molecule has 1 saturated carbocycles. The molecule has 0 unspecified atom stereocenters. The Morgan fingerprint density at radius 3 is 2.59 bits per heavy atom. The van der Waals surface area contributed by atoms with Gasteiger partial charge in [0.2, 0.25) is 0 Å². The van der Waals surface area contributed by atoms with E-state index in [1.54, 1.807) is 37.3 Å². The van der Waals surface area contributed by atoms with Crippen LogP contribution in [0.1, 0.15) is 53.0 Å². The van der Waals surface area contributed by atoms with Crippen LogP contribution < -0.4 is 15.2 Å². The number of likely N-dealkylation sites (tertiary alicyclic amines) is 1. The zero-order valence-corrected chi connectivity index (χ0v) is 34.0. The fraction of sp³-hybridized carbons (Fsp3) is 0.293. The van der Waals surface area contributed by atoms with Gasteiger partial charge in [-0.1, -0.05) is 29.5 Å². The Kier molecular flexibility index (Phi) is 10.6. The molecule has 6 heterocycles. The number of piperidine rings is 1. The van der Waals surface area contributed by atoms with E-state index in [-0.39, 0.29) is 64.0 Å². The number of hydrogen-bond acceptors (Lipinski definition) is 12. The van der Waals surface area contributed by atoms with Crippen LogP contribution in [0, 0.1) is 30.1 Å². The van der Waals surface area contributed by atoms with E-state index in [0.29, 0.717) is 64.0 Å². The molecule has 6 aromatic rings. The number of carbonyl (C=O) groups is 1. The lowest BCUT2D eigenvalue weighted by Gasteiger charge is -2.46. The van der Waals surface area contributed by atoms with Gasteiger partial charge in [-0.15, -0.1) is 11.3 Å². The molecular weight excluding hydrogens is 820 g/mol. The van der Waals surface area contributed by atoms with Crippen LogP contribution in [-0.4, -0.2) is 81.9 Å². The number of carbonyl (C=O) groups excluding carboxylic acids is 1. The second-order valence-electron chi connectivity index (χ2n) is 14.5. The SMILES string of the molecule is Cc1nc2cnc(N(C)C3CCN(C4CC(F)(F)C4)CC3)c(C#N)c2c(=O)n1CC#Cc1ccc(Cl)cc1-c1ccnc2c(C(=O)NS(=O)(=O)c3ccccn3)csc12. The summed E-state index contributed by atoms with van der Waals surface area (Å²) in [5, 5.41) is 12.2. The highest BCUT2D eigenvalue weighted by Crippen LogP contribution is 2.42. The standard InChI is InChI=1S/C41H34ClF2N9O4S2/c1-24-49-33-22-48-38(51(2)27-11-16-52(17-12-27)28-19-41(43,44)20-28)31(21-45)35(33)40(55)53(24)15-5-6-25-8-9-26(42)18-30(25)29-10-14-47-36-32(23-58-37(29)36)39(54)50-59(56,57)34-7-3-4-13-46-34/h3-4,7-10,13-14,18,22-23,27-28H,11-12,15-17,19-20H2,1-2H3,(H,50,54). The van der Waals surface area contributed by atoms with E-state index in [0.717, 1.165) is 0 Å². The lowest BCUT2D eigenvalue weighted by molar-refractivity contribution is -0.127. The molecule has 59 heavy (non-hydrogen) atoms. The maximum absolute atomic E-state index is 14.1. The monoisotopic (exact) mass is 853 g/mol. The molecule has 2 fully saturated rings. The smallest absolute Gasteiger partial charge is 0.281 e. The molecule has 18 heteroatoms. The second-order valence-corrected chi connectivity index (χ2v) is 17.4. The molecule has 0 radical (unpaired) electrons. The summed E-state index contributed by atoms with van der Waals surface area (Å²) in [6, 6.07) is 13.3. The Balaban J connectivity index is 1.06. The third-order valence-electron chi connectivity index (χ3n) is 10.8. The number of nitrogens with zero attached hydrogens (tertiary/aromatic N) is 8. The molecule has 13 nitrogen and oxygen atoms in total. The summed E-state index contributed by atoms with van der Waals surface area (Å²) in [7, 11) is -2.41. The highest BCUT2D eigenvalue weighted by molar-refractivity contribution is 7.90. The first-order chi connectivity index (χ1) is 28.2. The van der Waals surface area contributed by atoms with E-state index in [1.165, 1.54) is 52.0 Å². The van der Waals surface area contributed by atoms with Crippen LogP contribution in [0.15, 0.2) is 76.3 Å². The van der Waals surface area contributed by atoms with Crippen molar-refractivity contribution >= 4 is 65.8 Å². The fourth-order valence-corrected chi connectivity index (χ4v) is 9.79. The van der Waals surface area contributed by atoms with Crippen molar-refractivity contribution < 1.29 is 22.0 Å². The van der Waals surface area contributed by atoms with Crippen LogP contribution in [0.3, 0.4) is 0 Å². The highest BCUT2D eigenvalue weighted by atomic mass is 35.5. The van der Waals surface area contributed by atoms with E-state index < -0.39 is 27.4 Å². The number of fused-ring (bicyclic) bond motifs is 2. The van der Waals surface area contributed by atoms with Crippen LogP contribution in [0.5, 0.6) is 0 Å². The van der Waals surface area contributed by atoms with Crippen LogP contribution in [0.2, 0.25) is 5.02 Å². The number of hydrogen-bond donors (Lipinski definition) is 1. The summed E-state index contributed by atoms with van der Waals surface area (Å²) in [4.78, 5) is 48.8. The minimum absolute atomic E-state index is 0.00292. The van der Waals surface area contributed by atoms with Gasteiger partial charge in [0, 0.05) is 84.5 Å². The first-order valence-electron chi connectivity index (χ1n) is 18.5. The van der Waals surface area contributed by atoms with Gasteiger partial charge < -0.3 is 4.90 Å². The third kappa shape index (κ3) is 7.74. The molecule has 1 aliphatic heterocycles. The predicted molar refractivity (Wildman–Crippen MR) is 220 cm³/mol. The largest absolute Gasteiger partial charge is 0.355 e. The van der Waals surface area contributed by atoms with E-state index in [1.807, 2.05) is 11.9 Å². The van der Waals surface area contributed by atoms with Crippen molar-refractivity contribution in [2.75, 3.05) is 25.0 Å². The number of aromatic nitrogens is 5. The summed E-state index contributed by atoms with van der Waals surface area (Å²) >= 11 is 7.67. The molecule has 1 N–H and O–H groups in total. The Bertz CT molecular complexity index is 2930. The van der Waals surface area contributed by atoms with Crippen molar-refractivity contribution in [2.45, 2.75) is 62.2 Å². The van der Waals surface area contributed by atoms with Crippen molar-refractivity contribution in [3.8, 4) is 29.0 Å². The lowest BCUT2D eigenvalue weighted by Crippen LogP contribution is -2.55. The number of aryl methyl sites for hydroxylation is 1. The van der Waals surface area contributed by atoms with Crippen molar-refractivity contribution in [1.29, 1.82) is 5.26 Å². The molecule has 1 aromatic carbocycles. The molecule has 0 bridgehead atoms. The van der Waals surface area contributed by atoms with Crippen molar-refractivity contribution in [3.63, 3.8) is 0 Å². The van der Waals surface area contributed by atoms with Gasteiger partial charge in [-0.2, -0.15) is 13.7 Å². The number of pyridine rings is 3. The van der Waals surface area contributed by atoms with Crippen LogP contribution >= 0.6 is 22.9 Å². The number of thiophene rings is 1. The number of alkyl halides is 2. The number of anilines is 1. The van der Waals surface area contributed by atoms with Gasteiger partial charge in [0.1, 0.15) is 23.3 Å². The number of sulfonamides is 1. The van der Waals surface area contributed by atoms with Gasteiger partial charge in [0.15, 0.2) is 5.03 Å². The molecule has 8 rings (SSSR count). The van der Waals surface area contributed by atoms with Gasteiger partial charge in [-0.05, 0) is 56.2 Å². The zero-order chi connectivity index (χ0) is 41.6. The van der Waals surface area contributed by atoms with E-state index in [2.05, 4.69) is 47.5 Å². The zero-order valence-electron chi connectivity index (χ0n) is 31.6. The number of rotatable bonds is 8. The second kappa shape index (κ2) is 15.7. The van der Waals surface area contributed by atoms with Gasteiger partial charge in [-0.25, -0.2) is 28.5 Å². The Morgan fingerprint density at radius 1 is 1.10 bits per heavy atom. The third-order valence-corrected chi connectivity index (χ3v) is 13.3. The molecule has 1 saturated heterocycles. The van der Waals surface area contributed by atoms with Crippen LogP contribution in [0.4, 0.5) is 14.6 Å². The summed E-state index contributed by atoms with van der Waals surface area (Å²) in [5.74, 6) is 3.52. The molecule has 5 aromatic heterocycles. The Labute approximate surface area is 346 Å². The van der Waals surface area contributed by atoms with Gasteiger partial charge in [-0.3, -0.25) is 24.0 Å². The van der Waals surface area contributed by atoms with Crippen molar-refractivity contribution in [1.82, 2.24) is 34.1 Å². The minimum atomic E-state index is -4.24. The molecule has 300 valence electrons.